The fraction of sp³-hybridized carbons (Fsp3) is 0.400. The molecule has 9 heteroatoms. The fourth-order valence-corrected chi connectivity index (χ4v) is 2.84. The van der Waals surface area contributed by atoms with E-state index in [1.165, 1.54) is 0 Å². The Hall–Kier alpha value is -2.97. The monoisotopic (exact) mass is 326 g/mol. The van der Waals surface area contributed by atoms with E-state index in [0.29, 0.717) is 11.7 Å². The third kappa shape index (κ3) is 2.80. The van der Waals surface area contributed by atoms with Crippen molar-refractivity contribution in [3.63, 3.8) is 0 Å². The van der Waals surface area contributed by atoms with E-state index in [1.807, 2.05) is 6.92 Å². The summed E-state index contributed by atoms with van der Waals surface area (Å²) < 4.78 is 5.86. The summed E-state index contributed by atoms with van der Waals surface area (Å²) in [5.41, 5.74) is 8.20. The van der Waals surface area contributed by atoms with Crippen molar-refractivity contribution >= 4 is 22.9 Å². The van der Waals surface area contributed by atoms with E-state index in [4.69, 9.17) is 10.5 Å². The number of aromatic nitrogens is 6. The van der Waals surface area contributed by atoms with Crippen molar-refractivity contribution < 1.29 is 4.74 Å². The highest BCUT2D eigenvalue weighted by molar-refractivity contribution is 5.84. The Morgan fingerprint density at radius 2 is 1.92 bits per heavy atom. The number of aromatic amines is 1. The first-order valence-corrected chi connectivity index (χ1v) is 7.86. The normalized spacial score (nSPS) is 15.8. The maximum atomic E-state index is 5.86. The maximum Gasteiger partial charge on any atom is 0.316 e. The van der Waals surface area contributed by atoms with Crippen LogP contribution in [0, 0.1) is 6.92 Å². The summed E-state index contributed by atoms with van der Waals surface area (Å²) >= 11 is 0. The van der Waals surface area contributed by atoms with Crippen LogP contribution in [0.5, 0.6) is 6.01 Å². The zero-order chi connectivity index (χ0) is 16.5. The number of H-pyrrole nitrogens is 1. The smallest absolute Gasteiger partial charge is 0.316 e. The van der Waals surface area contributed by atoms with Gasteiger partial charge in [0.2, 0.25) is 5.95 Å². The van der Waals surface area contributed by atoms with Gasteiger partial charge in [-0.1, -0.05) is 0 Å². The zero-order valence-electron chi connectivity index (χ0n) is 13.3. The van der Waals surface area contributed by atoms with Gasteiger partial charge in [-0.05, 0) is 12.5 Å². The molecule has 0 bridgehead atoms. The molecule has 9 nitrogen and oxygen atoms in total. The lowest BCUT2D eigenvalue weighted by Crippen LogP contribution is -2.39. The first-order chi connectivity index (χ1) is 11.7. The Morgan fingerprint density at radius 1 is 1.17 bits per heavy atom. The number of rotatable bonds is 3. The van der Waals surface area contributed by atoms with E-state index in [0.717, 1.165) is 42.8 Å². The molecule has 3 aromatic heterocycles. The zero-order valence-corrected chi connectivity index (χ0v) is 13.3. The number of imidazole rings is 1. The van der Waals surface area contributed by atoms with Gasteiger partial charge in [-0.25, -0.2) is 15.0 Å². The van der Waals surface area contributed by atoms with Gasteiger partial charge in [-0.15, -0.1) is 0 Å². The molecule has 0 unspecified atom stereocenters. The first-order valence-electron chi connectivity index (χ1n) is 7.86. The van der Waals surface area contributed by atoms with Crippen LogP contribution in [0.15, 0.2) is 18.7 Å². The van der Waals surface area contributed by atoms with Crippen LogP contribution >= 0.6 is 0 Å². The van der Waals surface area contributed by atoms with E-state index in [9.17, 15) is 0 Å². The molecule has 3 aromatic rings. The summed E-state index contributed by atoms with van der Waals surface area (Å²) in [5.74, 6) is 1.02. The molecular weight excluding hydrogens is 308 g/mol. The van der Waals surface area contributed by atoms with Crippen molar-refractivity contribution in [2.45, 2.75) is 25.9 Å². The van der Waals surface area contributed by atoms with Crippen LogP contribution in [-0.2, 0) is 0 Å². The number of anilines is 2. The van der Waals surface area contributed by atoms with Crippen LogP contribution in [0.3, 0.4) is 0 Å². The molecule has 1 aliphatic rings. The lowest BCUT2D eigenvalue weighted by molar-refractivity contribution is 0.156. The summed E-state index contributed by atoms with van der Waals surface area (Å²) in [4.78, 5) is 26.3. The number of nitrogens with two attached hydrogens (primary N) is 1. The highest BCUT2D eigenvalue weighted by atomic mass is 16.5. The highest BCUT2D eigenvalue weighted by Gasteiger charge is 2.24. The van der Waals surface area contributed by atoms with E-state index in [1.54, 1.807) is 18.7 Å². The van der Waals surface area contributed by atoms with Crippen LogP contribution in [0.2, 0.25) is 0 Å². The quantitative estimate of drug-likeness (QED) is 0.734. The van der Waals surface area contributed by atoms with Gasteiger partial charge >= 0.3 is 6.01 Å². The van der Waals surface area contributed by atoms with Crippen molar-refractivity contribution in [3.05, 3.63) is 24.3 Å². The first kappa shape index (κ1) is 14.6. The van der Waals surface area contributed by atoms with Crippen LogP contribution in [0.25, 0.3) is 11.2 Å². The van der Waals surface area contributed by atoms with Gasteiger partial charge in [0.1, 0.15) is 11.6 Å². The van der Waals surface area contributed by atoms with Crippen LogP contribution in [0.4, 0.5) is 11.8 Å². The molecule has 0 spiro atoms. The Bertz CT molecular complexity index is 838. The number of ether oxygens (including phenoxy) is 1. The van der Waals surface area contributed by atoms with Gasteiger partial charge in [0.05, 0.1) is 6.33 Å². The molecule has 0 radical (unpaired) electrons. The van der Waals surface area contributed by atoms with Gasteiger partial charge in [-0.3, -0.25) is 0 Å². The van der Waals surface area contributed by atoms with Gasteiger partial charge in [-0.2, -0.15) is 9.97 Å². The number of nitrogens with zero attached hydrogens (tertiary/aromatic N) is 6. The van der Waals surface area contributed by atoms with Gasteiger partial charge < -0.3 is 20.4 Å². The topological polar surface area (TPSA) is 119 Å². The second-order valence-corrected chi connectivity index (χ2v) is 5.85. The Kier molecular flexibility index (Phi) is 3.60. The SMILES string of the molecule is Cc1cnc(OC2CCN(c3nc(N)nc4nc[nH]c34)CC2)nc1. The Morgan fingerprint density at radius 3 is 2.67 bits per heavy atom. The number of fused-ring (bicyclic) bond motifs is 1. The molecule has 1 aliphatic heterocycles. The van der Waals surface area contributed by atoms with E-state index >= 15 is 0 Å². The molecule has 3 N–H and O–H groups in total. The summed E-state index contributed by atoms with van der Waals surface area (Å²) in [6.45, 7) is 3.56. The van der Waals surface area contributed by atoms with E-state index in [-0.39, 0.29) is 12.1 Å². The lowest BCUT2D eigenvalue weighted by Gasteiger charge is -2.32. The van der Waals surface area contributed by atoms with Crippen molar-refractivity contribution in [2.75, 3.05) is 23.7 Å². The van der Waals surface area contributed by atoms with Crippen molar-refractivity contribution in [1.29, 1.82) is 0 Å². The van der Waals surface area contributed by atoms with Gasteiger partial charge in [0.15, 0.2) is 11.5 Å². The number of hydrogen-bond acceptors (Lipinski definition) is 8. The molecule has 4 rings (SSSR count). The minimum atomic E-state index is 0.0976. The summed E-state index contributed by atoms with van der Waals surface area (Å²) in [7, 11) is 0. The predicted octanol–water partition coefficient (Wildman–Crippen LogP) is 1.08. The predicted molar refractivity (Wildman–Crippen MR) is 88.7 cm³/mol. The summed E-state index contributed by atoms with van der Waals surface area (Å²) in [6.07, 6.45) is 6.94. The van der Waals surface area contributed by atoms with Gasteiger partial charge in [0, 0.05) is 38.3 Å². The highest BCUT2D eigenvalue weighted by Crippen LogP contribution is 2.26. The number of nitrogen functional groups attached to an aromatic ring is 1. The minimum Gasteiger partial charge on any atom is -0.460 e. The molecular formula is C15H18N8O. The van der Waals surface area contributed by atoms with Crippen LogP contribution < -0.4 is 15.4 Å². The fourth-order valence-electron chi connectivity index (χ4n) is 2.84. The average Bonchev–Trinajstić information content (AvgIpc) is 3.05. The second-order valence-electron chi connectivity index (χ2n) is 5.85. The van der Waals surface area contributed by atoms with Crippen LogP contribution in [-0.4, -0.2) is 49.1 Å². The van der Waals surface area contributed by atoms with Crippen molar-refractivity contribution in [3.8, 4) is 6.01 Å². The van der Waals surface area contributed by atoms with E-state index < -0.39 is 0 Å². The Balaban J connectivity index is 1.45. The third-order valence-electron chi connectivity index (χ3n) is 4.05. The average molecular weight is 326 g/mol. The molecule has 0 amide bonds. The van der Waals surface area contributed by atoms with Crippen LogP contribution in [0.1, 0.15) is 18.4 Å². The van der Waals surface area contributed by atoms with Crippen molar-refractivity contribution in [2.24, 2.45) is 0 Å². The largest absolute Gasteiger partial charge is 0.460 e. The molecule has 24 heavy (non-hydrogen) atoms. The second kappa shape index (κ2) is 5.91. The molecule has 1 fully saturated rings. The van der Waals surface area contributed by atoms with Gasteiger partial charge in [0.25, 0.3) is 0 Å². The summed E-state index contributed by atoms with van der Waals surface area (Å²) in [5, 5.41) is 0. The molecule has 0 saturated carbocycles. The molecule has 0 aliphatic carbocycles. The molecule has 0 aromatic carbocycles. The number of aryl methyl sites for hydroxylation is 1. The third-order valence-corrected chi connectivity index (χ3v) is 4.05. The van der Waals surface area contributed by atoms with Crippen molar-refractivity contribution in [1.82, 2.24) is 29.9 Å². The molecule has 0 atom stereocenters. The Labute approximate surface area is 138 Å². The number of piperidine rings is 1. The number of nitrogens with one attached hydrogen (secondary N) is 1. The molecule has 1 saturated heterocycles. The summed E-state index contributed by atoms with van der Waals surface area (Å²) in [6, 6.07) is 0.432. The standard InChI is InChI=1S/C15H18N8O/c1-9-6-17-15(18-7-9)24-10-2-4-23(5-3-10)13-11-12(20-8-19-11)21-14(16)22-13/h6-8,10H,2-5H2,1H3,(H3,16,19,20,21,22). The molecule has 124 valence electrons. The van der Waals surface area contributed by atoms with E-state index in [2.05, 4.69) is 34.8 Å². The molecule has 4 heterocycles. The number of hydrogen-bond donors (Lipinski definition) is 2. The maximum absolute atomic E-state index is 5.86. The minimum absolute atomic E-state index is 0.0976. The lowest BCUT2D eigenvalue weighted by atomic mass is 10.1.